The average Bonchev–Trinajstić information content (AvgIpc) is 2.15. The molecule has 4 nitrogen and oxygen atoms in total. The number of anilines is 1. The fraction of sp³-hybridized carbons (Fsp3) is 0.692. The van der Waals surface area contributed by atoms with Crippen LogP contribution in [0.15, 0.2) is 6.07 Å². The molecule has 96 valence electrons. The molecule has 1 heterocycles. The highest BCUT2D eigenvalue weighted by atomic mass is 16.5. The van der Waals surface area contributed by atoms with Gasteiger partial charge in [-0.05, 0) is 33.1 Å². The minimum atomic E-state index is -0.490. The van der Waals surface area contributed by atoms with Gasteiger partial charge in [-0.15, -0.1) is 0 Å². The van der Waals surface area contributed by atoms with Crippen molar-refractivity contribution in [1.82, 2.24) is 9.97 Å². The molecule has 4 heteroatoms. The van der Waals surface area contributed by atoms with Gasteiger partial charge in [0.15, 0.2) is 5.82 Å². The quantitative estimate of drug-likeness (QED) is 0.854. The maximum absolute atomic E-state index is 5.82. The maximum atomic E-state index is 5.82. The van der Waals surface area contributed by atoms with Gasteiger partial charge in [0.25, 0.3) is 0 Å². The van der Waals surface area contributed by atoms with Crippen molar-refractivity contribution in [3.05, 3.63) is 17.6 Å². The zero-order valence-electron chi connectivity index (χ0n) is 11.4. The van der Waals surface area contributed by atoms with E-state index in [4.69, 9.17) is 10.5 Å². The Morgan fingerprint density at radius 3 is 2.53 bits per heavy atom. The van der Waals surface area contributed by atoms with Gasteiger partial charge in [0.1, 0.15) is 11.4 Å². The summed E-state index contributed by atoms with van der Waals surface area (Å²) in [7, 11) is 0. The van der Waals surface area contributed by atoms with E-state index in [0.717, 1.165) is 12.1 Å². The highest BCUT2D eigenvalue weighted by Crippen LogP contribution is 2.22. The van der Waals surface area contributed by atoms with Crippen LogP contribution in [0.25, 0.3) is 0 Å². The summed E-state index contributed by atoms with van der Waals surface area (Å²) in [6.07, 6.45) is 0.905. The molecule has 0 saturated carbocycles. The van der Waals surface area contributed by atoms with E-state index in [9.17, 15) is 0 Å². The zero-order chi connectivity index (χ0) is 13.1. The molecule has 0 amide bonds. The Morgan fingerprint density at radius 2 is 2.00 bits per heavy atom. The first-order valence-electron chi connectivity index (χ1n) is 6.13. The number of hydrogen-bond donors (Lipinski definition) is 1. The van der Waals surface area contributed by atoms with Crippen LogP contribution in [0.1, 0.15) is 46.1 Å². The third-order valence-electron chi connectivity index (χ3n) is 2.46. The Bertz CT molecular complexity index is 375. The first-order valence-corrected chi connectivity index (χ1v) is 6.13. The minimum Gasteiger partial charge on any atom is -0.384 e. The minimum absolute atomic E-state index is 0.490. The molecule has 1 aromatic rings. The number of aromatic nitrogens is 2. The molecule has 0 aliphatic rings. The van der Waals surface area contributed by atoms with Crippen LogP contribution in [0, 0.1) is 5.92 Å². The van der Waals surface area contributed by atoms with Gasteiger partial charge in [0, 0.05) is 18.4 Å². The number of ether oxygens (including phenoxy) is 1. The lowest BCUT2D eigenvalue weighted by Gasteiger charge is -2.23. The van der Waals surface area contributed by atoms with Crippen LogP contribution in [0.5, 0.6) is 0 Å². The second-order valence-electron chi connectivity index (χ2n) is 5.15. The topological polar surface area (TPSA) is 61.0 Å². The third kappa shape index (κ3) is 3.97. The number of nitrogen functional groups attached to an aromatic ring is 1. The summed E-state index contributed by atoms with van der Waals surface area (Å²) in [4.78, 5) is 8.82. The lowest BCUT2D eigenvalue weighted by atomic mass is 10.1. The first kappa shape index (κ1) is 13.9. The Balaban J connectivity index is 3.04. The first-order chi connectivity index (χ1) is 7.85. The van der Waals surface area contributed by atoms with Crippen molar-refractivity contribution in [2.75, 3.05) is 12.3 Å². The van der Waals surface area contributed by atoms with E-state index in [2.05, 4.69) is 23.8 Å². The summed E-state index contributed by atoms with van der Waals surface area (Å²) < 4.78 is 5.65. The van der Waals surface area contributed by atoms with Crippen LogP contribution < -0.4 is 5.73 Å². The smallest absolute Gasteiger partial charge is 0.162 e. The molecule has 0 saturated heterocycles. The van der Waals surface area contributed by atoms with Crippen molar-refractivity contribution >= 4 is 5.82 Å². The standard InChI is InChI=1S/C13H23N3O/c1-6-17-13(4,5)12-15-10(7-9(2)3)8-11(14)16-12/h8-9H,6-7H2,1-5H3,(H2,14,15,16). The van der Waals surface area contributed by atoms with Crippen molar-refractivity contribution < 1.29 is 4.74 Å². The van der Waals surface area contributed by atoms with Gasteiger partial charge in [0.05, 0.1) is 0 Å². The summed E-state index contributed by atoms with van der Waals surface area (Å²) in [5, 5.41) is 0. The fourth-order valence-electron chi connectivity index (χ4n) is 1.74. The van der Waals surface area contributed by atoms with Crippen molar-refractivity contribution in [2.45, 2.75) is 46.6 Å². The number of rotatable bonds is 5. The van der Waals surface area contributed by atoms with Crippen LogP contribution in [-0.2, 0) is 16.8 Å². The van der Waals surface area contributed by atoms with Crippen molar-refractivity contribution in [3.8, 4) is 0 Å². The third-order valence-corrected chi connectivity index (χ3v) is 2.46. The summed E-state index contributed by atoms with van der Waals surface area (Å²) in [5.41, 5.74) is 6.31. The predicted octanol–water partition coefficient (Wildman–Crippen LogP) is 2.53. The molecule has 17 heavy (non-hydrogen) atoms. The van der Waals surface area contributed by atoms with E-state index in [-0.39, 0.29) is 0 Å². The van der Waals surface area contributed by atoms with Crippen molar-refractivity contribution in [3.63, 3.8) is 0 Å². The predicted molar refractivity (Wildman–Crippen MR) is 69.6 cm³/mol. The van der Waals surface area contributed by atoms with Gasteiger partial charge in [-0.1, -0.05) is 13.8 Å². The molecule has 0 aliphatic carbocycles. The lowest BCUT2D eigenvalue weighted by molar-refractivity contribution is -0.0208. The Kier molecular flexibility index (Phi) is 4.46. The zero-order valence-corrected chi connectivity index (χ0v) is 11.4. The van der Waals surface area contributed by atoms with Crippen LogP contribution in [0.3, 0.4) is 0 Å². The molecular weight excluding hydrogens is 214 g/mol. The second kappa shape index (κ2) is 5.45. The molecule has 1 aromatic heterocycles. The van der Waals surface area contributed by atoms with Crippen LogP contribution in [-0.4, -0.2) is 16.6 Å². The van der Waals surface area contributed by atoms with Crippen molar-refractivity contribution in [1.29, 1.82) is 0 Å². The van der Waals surface area contributed by atoms with E-state index in [1.807, 2.05) is 26.8 Å². The maximum Gasteiger partial charge on any atom is 0.162 e. The van der Waals surface area contributed by atoms with E-state index in [1.165, 1.54) is 0 Å². The summed E-state index contributed by atoms with van der Waals surface area (Å²) in [5.74, 6) is 1.72. The summed E-state index contributed by atoms with van der Waals surface area (Å²) >= 11 is 0. The fourth-order valence-corrected chi connectivity index (χ4v) is 1.74. The van der Waals surface area contributed by atoms with Crippen LogP contribution >= 0.6 is 0 Å². The normalized spacial score (nSPS) is 12.1. The summed E-state index contributed by atoms with van der Waals surface area (Å²) in [6.45, 7) is 10.8. The van der Waals surface area contributed by atoms with Crippen molar-refractivity contribution in [2.24, 2.45) is 5.92 Å². The molecule has 0 aliphatic heterocycles. The molecule has 0 unspecified atom stereocenters. The molecule has 2 N–H and O–H groups in total. The molecule has 1 rings (SSSR count). The molecule has 0 atom stereocenters. The van der Waals surface area contributed by atoms with Crippen LogP contribution in [0.2, 0.25) is 0 Å². The van der Waals surface area contributed by atoms with Gasteiger partial charge in [-0.2, -0.15) is 0 Å². The lowest BCUT2D eigenvalue weighted by Crippen LogP contribution is -2.26. The molecule has 0 aromatic carbocycles. The van der Waals surface area contributed by atoms with E-state index in [1.54, 1.807) is 0 Å². The van der Waals surface area contributed by atoms with Gasteiger partial charge < -0.3 is 10.5 Å². The number of nitrogens with zero attached hydrogens (tertiary/aromatic N) is 2. The monoisotopic (exact) mass is 237 g/mol. The molecule has 0 bridgehead atoms. The van der Waals surface area contributed by atoms with Gasteiger partial charge in [-0.3, -0.25) is 0 Å². The highest BCUT2D eigenvalue weighted by molar-refractivity contribution is 5.31. The molecule has 0 fully saturated rings. The van der Waals surface area contributed by atoms with E-state index < -0.39 is 5.60 Å². The van der Waals surface area contributed by atoms with Gasteiger partial charge >= 0.3 is 0 Å². The highest BCUT2D eigenvalue weighted by Gasteiger charge is 2.25. The van der Waals surface area contributed by atoms with E-state index >= 15 is 0 Å². The summed E-state index contributed by atoms with van der Waals surface area (Å²) in [6, 6.07) is 1.84. The number of nitrogens with two attached hydrogens (primary N) is 1. The molecule has 0 spiro atoms. The van der Waals surface area contributed by atoms with Crippen LogP contribution in [0.4, 0.5) is 5.82 Å². The molecular formula is C13H23N3O. The Hall–Kier alpha value is -1.16. The van der Waals surface area contributed by atoms with E-state index in [0.29, 0.717) is 24.2 Å². The van der Waals surface area contributed by atoms with Gasteiger partial charge in [-0.25, -0.2) is 9.97 Å². The Morgan fingerprint density at radius 1 is 1.35 bits per heavy atom. The van der Waals surface area contributed by atoms with Gasteiger partial charge in [0.2, 0.25) is 0 Å². The number of hydrogen-bond acceptors (Lipinski definition) is 4. The molecule has 0 radical (unpaired) electrons. The second-order valence-corrected chi connectivity index (χ2v) is 5.15. The average molecular weight is 237 g/mol. The largest absolute Gasteiger partial charge is 0.384 e. The SMILES string of the molecule is CCOC(C)(C)c1nc(N)cc(CC(C)C)n1. The Labute approximate surface area is 104 Å².